The second-order valence-corrected chi connectivity index (χ2v) is 8.64. The topological polar surface area (TPSA) is 99.9 Å². The van der Waals surface area contributed by atoms with Crippen LogP contribution >= 0.6 is 0 Å². The van der Waals surface area contributed by atoms with E-state index in [0.29, 0.717) is 36.5 Å². The molecule has 9 heteroatoms. The first-order valence-corrected chi connectivity index (χ1v) is 11.0. The third-order valence-corrected chi connectivity index (χ3v) is 4.85. The van der Waals surface area contributed by atoms with Crippen LogP contribution in [-0.4, -0.2) is 58.1 Å². The Morgan fingerprint density at radius 3 is 2.61 bits per heavy atom. The van der Waals surface area contributed by atoms with Crippen molar-refractivity contribution in [1.29, 1.82) is 0 Å². The molecule has 0 bridgehead atoms. The van der Waals surface area contributed by atoms with Gasteiger partial charge >= 0.3 is 6.01 Å². The average Bonchev–Trinajstić information content (AvgIpc) is 3.43. The van der Waals surface area contributed by atoms with Gasteiger partial charge in [-0.15, -0.1) is 5.10 Å². The fourth-order valence-electron chi connectivity index (χ4n) is 3.25. The van der Waals surface area contributed by atoms with Gasteiger partial charge in [-0.1, -0.05) is 0 Å². The summed E-state index contributed by atoms with van der Waals surface area (Å²) in [5, 5.41) is 17.9. The highest BCUT2D eigenvalue weighted by molar-refractivity contribution is 5.64. The summed E-state index contributed by atoms with van der Waals surface area (Å²) in [6.07, 6.45) is -0.606. The maximum Gasteiger partial charge on any atom is 0.336 e. The van der Waals surface area contributed by atoms with Gasteiger partial charge in [0.1, 0.15) is 0 Å². The zero-order valence-corrected chi connectivity index (χ0v) is 19.4. The number of rotatable bonds is 9. The monoisotopic (exact) mass is 454 g/mol. The van der Waals surface area contributed by atoms with Crippen LogP contribution in [0.4, 0.5) is 5.69 Å². The molecule has 0 fully saturated rings. The summed E-state index contributed by atoms with van der Waals surface area (Å²) < 4.78 is 23.8. The summed E-state index contributed by atoms with van der Waals surface area (Å²) in [6.45, 7) is 9.11. The van der Waals surface area contributed by atoms with E-state index in [1.165, 1.54) is 0 Å². The zero-order chi connectivity index (χ0) is 23.4. The van der Waals surface area contributed by atoms with Crippen molar-refractivity contribution in [3.05, 3.63) is 42.5 Å². The number of nitrogens with one attached hydrogen (secondary N) is 1. The van der Waals surface area contributed by atoms with E-state index in [1.807, 2.05) is 70.2 Å². The lowest BCUT2D eigenvalue weighted by molar-refractivity contribution is -0.0449. The van der Waals surface area contributed by atoms with E-state index >= 15 is 0 Å². The minimum Gasteiger partial charge on any atom is -0.463 e. The number of hydrogen-bond donors (Lipinski definition) is 2. The average molecular weight is 455 g/mol. The minimum absolute atomic E-state index is 0.209. The molecular formula is C24H30N4O5. The first kappa shape index (κ1) is 22.9. The minimum atomic E-state index is -0.606. The third kappa shape index (κ3) is 5.74. The molecule has 2 N–H and O–H groups in total. The lowest BCUT2D eigenvalue weighted by Crippen LogP contribution is -2.30. The maximum absolute atomic E-state index is 10.1. The Hall–Kier alpha value is -3.30. The number of ether oxygens (including phenoxy) is 4. The Kier molecular flexibility index (Phi) is 6.71. The number of benzene rings is 2. The Labute approximate surface area is 193 Å². The Balaban J connectivity index is 1.50. The lowest BCUT2D eigenvalue weighted by atomic mass is 10.2. The molecular weight excluding hydrogens is 424 g/mol. The van der Waals surface area contributed by atoms with Crippen LogP contribution in [0.1, 0.15) is 27.7 Å². The fourth-order valence-corrected chi connectivity index (χ4v) is 3.25. The Morgan fingerprint density at radius 2 is 1.88 bits per heavy atom. The van der Waals surface area contributed by atoms with Crippen LogP contribution in [0.15, 0.2) is 42.5 Å². The number of aliphatic hydroxyl groups excluding tert-OH is 1. The molecule has 0 spiro atoms. The first-order chi connectivity index (χ1) is 15.8. The van der Waals surface area contributed by atoms with Gasteiger partial charge in [-0.05, 0) is 70.2 Å². The molecule has 1 aliphatic heterocycles. The highest BCUT2D eigenvalue weighted by Crippen LogP contribution is 2.36. The van der Waals surface area contributed by atoms with E-state index in [2.05, 4.69) is 15.4 Å². The van der Waals surface area contributed by atoms with E-state index < -0.39 is 6.10 Å². The van der Waals surface area contributed by atoms with Crippen LogP contribution in [-0.2, 0) is 4.74 Å². The molecule has 9 nitrogen and oxygen atoms in total. The highest BCUT2D eigenvalue weighted by atomic mass is 16.7. The van der Waals surface area contributed by atoms with Crippen molar-refractivity contribution >= 4 is 5.69 Å². The molecule has 1 atom stereocenters. The van der Waals surface area contributed by atoms with E-state index in [9.17, 15) is 5.11 Å². The molecule has 33 heavy (non-hydrogen) atoms. The summed E-state index contributed by atoms with van der Waals surface area (Å²) in [4.78, 5) is 4.56. The largest absolute Gasteiger partial charge is 0.463 e. The molecule has 0 saturated heterocycles. The van der Waals surface area contributed by atoms with Crippen molar-refractivity contribution < 1.29 is 24.1 Å². The van der Waals surface area contributed by atoms with Gasteiger partial charge in [0, 0.05) is 17.8 Å². The van der Waals surface area contributed by atoms with Crippen molar-refractivity contribution in [2.75, 3.05) is 31.9 Å². The smallest absolute Gasteiger partial charge is 0.336 e. The van der Waals surface area contributed by atoms with Gasteiger partial charge in [0.15, 0.2) is 17.3 Å². The van der Waals surface area contributed by atoms with E-state index in [0.717, 1.165) is 16.9 Å². The number of fused-ring (bicyclic) bond motifs is 1. The Morgan fingerprint density at radius 1 is 1.12 bits per heavy atom. The molecule has 0 amide bonds. The Bertz CT molecular complexity index is 1080. The molecule has 1 aromatic heterocycles. The number of nitrogens with zero attached hydrogens (tertiary/aromatic N) is 3. The molecule has 0 aliphatic carbocycles. The molecule has 0 unspecified atom stereocenters. The van der Waals surface area contributed by atoms with Gasteiger partial charge in [-0.2, -0.15) is 4.98 Å². The number of aromatic nitrogens is 3. The molecule has 3 aromatic rings. The molecule has 1 aliphatic rings. The molecule has 4 rings (SSSR count). The summed E-state index contributed by atoms with van der Waals surface area (Å²) in [7, 11) is 0. The predicted molar refractivity (Wildman–Crippen MR) is 124 cm³/mol. The van der Waals surface area contributed by atoms with Crippen LogP contribution in [0.2, 0.25) is 0 Å². The lowest BCUT2D eigenvalue weighted by Gasteiger charge is -2.22. The van der Waals surface area contributed by atoms with E-state index in [4.69, 9.17) is 18.9 Å². The molecule has 2 aromatic carbocycles. The number of anilines is 1. The van der Waals surface area contributed by atoms with Crippen molar-refractivity contribution in [1.82, 2.24) is 14.8 Å². The summed E-state index contributed by atoms with van der Waals surface area (Å²) in [5.74, 6) is 2.01. The molecule has 176 valence electrons. The summed E-state index contributed by atoms with van der Waals surface area (Å²) in [6, 6.07) is 13.7. The fraction of sp³-hybridized carbons (Fsp3) is 0.417. The van der Waals surface area contributed by atoms with Crippen LogP contribution in [0, 0.1) is 0 Å². The van der Waals surface area contributed by atoms with Crippen molar-refractivity contribution in [2.24, 2.45) is 0 Å². The first-order valence-electron chi connectivity index (χ1n) is 11.0. The quantitative estimate of drug-likeness (QED) is 0.505. The second-order valence-electron chi connectivity index (χ2n) is 8.64. The van der Waals surface area contributed by atoms with Crippen molar-refractivity contribution in [2.45, 2.75) is 39.4 Å². The van der Waals surface area contributed by atoms with Crippen LogP contribution in [0.3, 0.4) is 0 Å². The standard InChI is InChI=1S/C24H30N4O5/c1-5-30-23-26-22(16-6-11-20-21(12-16)32-15-31-20)28(27-23)18-9-7-17(8-10-18)25-13-19(29)14-33-24(2,3)4/h6-12,19,25,29H,5,13-15H2,1-4H3/t19-/m1/s1. The van der Waals surface area contributed by atoms with Crippen molar-refractivity contribution in [3.8, 4) is 34.6 Å². The maximum atomic E-state index is 10.1. The molecule has 0 radical (unpaired) electrons. The van der Waals surface area contributed by atoms with Gasteiger partial charge in [0.25, 0.3) is 0 Å². The van der Waals surface area contributed by atoms with E-state index in [-0.39, 0.29) is 19.0 Å². The van der Waals surface area contributed by atoms with Gasteiger partial charge in [0.2, 0.25) is 6.79 Å². The van der Waals surface area contributed by atoms with Crippen LogP contribution < -0.4 is 19.5 Å². The summed E-state index contributed by atoms with van der Waals surface area (Å²) >= 11 is 0. The number of hydrogen-bond acceptors (Lipinski definition) is 8. The number of aliphatic hydroxyl groups is 1. The summed E-state index contributed by atoms with van der Waals surface area (Å²) in [5.41, 5.74) is 2.25. The predicted octanol–water partition coefficient (Wildman–Crippen LogP) is 3.65. The van der Waals surface area contributed by atoms with Gasteiger partial charge in [-0.25, -0.2) is 4.68 Å². The van der Waals surface area contributed by atoms with Gasteiger partial charge < -0.3 is 29.4 Å². The van der Waals surface area contributed by atoms with Crippen LogP contribution in [0.25, 0.3) is 17.1 Å². The zero-order valence-electron chi connectivity index (χ0n) is 19.4. The van der Waals surface area contributed by atoms with Crippen LogP contribution in [0.5, 0.6) is 17.5 Å². The third-order valence-electron chi connectivity index (χ3n) is 4.85. The second kappa shape index (κ2) is 9.68. The van der Waals surface area contributed by atoms with Gasteiger partial charge in [-0.3, -0.25) is 0 Å². The normalized spacial score (nSPS) is 13.7. The SMILES string of the molecule is CCOc1nc(-c2ccc3c(c2)OCO3)n(-c2ccc(NC[C@@H](O)COC(C)(C)C)cc2)n1. The van der Waals surface area contributed by atoms with Crippen molar-refractivity contribution in [3.63, 3.8) is 0 Å². The van der Waals surface area contributed by atoms with E-state index in [1.54, 1.807) is 4.68 Å². The molecule has 2 heterocycles. The molecule has 0 saturated carbocycles. The van der Waals surface area contributed by atoms with Gasteiger partial charge in [0.05, 0.1) is 30.6 Å². The highest BCUT2D eigenvalue weighted by Gasteiger charge is 2.19.